The number of carbonyl (C=O) groups excluding carboxylic acids is 1. The molecule has 2 aromatic rings. The Labute approximate surface area is 165 Å². The summed E-state index contributed by atoms with van der Waals surface area (Å²) in [6.45, 7) is 6.89. The second-order valence-electron chi connectivity index (χ2n) is 8.18. The molecule has 3 rings (SSSR count). The highest BCUT2D eigenvalue weighted by Crippen LogP contribution is 2.24. The van der Waals surface area contributed by atoms with Crippen molar-refractivity contribution in [3.05, 3.63) is 52.9 Å². The van der Waals surface area contributed by atoms with Gasteiger partial charge in [-0.2, -0.15) is 0 Å². The van der Waals surface area contributed by atoms with E-state index < -0.39 is 5.60 Å². The lowest BCUT2D eigenvalue weighted by Gasteiger charge is -2.33. The molecule has 0 atom stereocenters. The van der Waals surface area contributed by atoms with Crippen molar-refractivity contribution >= 4 is 6.09 Å². The highest BCUT2D eigenvalue weighted by Gasteiger charge is 2.27. The number of pyridine rings is 1. The summed E-state index contributed by atoms with van der Waals surface area (Å²) in [6, 6.07) is 11.3. The van der Waals surface area contributed by atoms with Crippen LogP contribution in [0.15, 0.2) is 47.4 Å². The van der Waals surface area contributed by atoms with Crippen LogP contribution in [0.2, 0.25) is 0 Å². The van der Waals surface area contributed by atoms with Crippen molar-refractivity contribution in [2.45, 2.75) is 45.3 Å². The van der Waals surface area contributed by atoms with Crippen LogP contribution in [0.4, 0.5) is 4.79 Å². The molecular weight excluding hydrogens is 356 g/mol. The van der Waals surface area contributed by atoms with Gasteiger partial charge in [0.1, 0.15) is 17.5 Å². The summed E-state index contributed by atoms with van der Waals surface area (Å²) in [6.07, 6.45) is 3.21. The van der Waals surface area contributed by atoms with Crippen molar-refractivity contribution in [3.8, 4) is 16.9 Å². The molecule has 1 saturated heterocycles. The zero-order valence-corrected chi connectivity index (χ0v) is 17.0. The first-order valence-corrected chi connectivity index (χ1v) is 9.63. The average molecular weight is 384 g/mol. The van der Waals surface area contributed by atoms with Crippen LogP contribution in [-0.4, -0.2) is 40.4 Å². The van der Waals surface area contributed by atoms with Gasteiger partial charge in [0.25, 0.3) is 0 Å². The molecule has 0 radical (unpaired) electrons. The molecule has 150 valence electrons. The van der Waals surface area contributed by atoms with Crippen LogP contribution < -0.4 is 10.3 Å². The molecule has 0 unspecified atom stereocenters. The lowest BCUT2D eigenvalue weighted by Crippen LogP contribution is -2.44. The zero-order chi connectivity index (χ0) is 20.3. The molecule has 1 amide bonds. The van der Waals surface area contributed by atoms with E-state index in [-0.39, 0.29) is 17.8 Å². The van der Waals surface area contributed by atoms with Crippen molar-refractivity contribution in [2.24, 2.45) is 7.05 Å². The first-order chi connectivity index (χ1) is 13.2. The lowest BCUT2D eigenvalue weighted by molar-refractivity contribution is 0.0126. The second kappa shape index (κ2) is 8.09. The van der Waals surface area contributed by atoms with E-state index in [1.165, 1.54) is 0 Å². The number of carbonyl (C=O) groups is 1. The normalized spacial score (nSPS) is 15.4. The van der Waals surface area contributed by atoms with Crippen molar-refractivity contribution < 1.29 is 14.3 Å². The van der Waals surface area contributed by atoms with Crippen LogP contribution >= 0.6 is 0 Å². The second-order valence-corrected chi connectivity index (χ2v) is 8.18. The summed E-state index contributed by atoms with van der Waals surface area (Å²) in [5.74, 6) is 0.810. The van der Waals surface area contributed by atoms with Crippen molar-refractivity contribution in [1.29, 1.82) is 0 Å². The first kappa shape index (κ1) is 20.0. The summed E-state index contributed by atoms with van der Waals surface area (Å²) in [5.41, 5.74) is 1.51. The van der Waals surface area contributed by atoms with Crippen LogP contribution in [0.25, 0.3) is 11.1 Å². The van der Waals surface area contributed by atoms with Crippen LogP contribution in [-0.2, 0) is 11.8 Å². The van der Waals surface area contributed by atoms with E-state index in [0.717, 1.165) is 29.7 Å². The predicted molar refractivity (Wildman–Crippen MR) is 109 cm³/mol. The molecule has 6 nitrogen and oxygen atoms in total. The van der Waals surface area contributed by atoms with Gasteiger partial charge in [-0.1, -0.05) is 12.1 Å². The number of likely N-dealkylation sites (tertiary alicyclic amines) is 1. The zero-order valence-electron chi connectivity index (χ0n) is 17.0. The van der Waals surface area contributed by atoms with E-state index in [4.69, 9.17) is 9.47 Å². The number of aryl methyl sites for hydroxylation is 1. The standard InChI is InChI=1S/C22H28N2O4/c1-22(2,3)28-21(26)24-13-11-19(12-14-24)27-18-8-5-16(6-9-18)17-7-10-20(25)23(4)15-17/h5-10,15,19H,11-14H2,1-4H3. The van der Waals surface area contributed by atoms with Gasteiger partial charge in [0, 0.05) is 45.2 Å². The SMILES string of the molecule is Cn1cc(-c2ccc(OC3CCN(C(=O)OC(C)(C)C)CC3)cc2)ccc1=O. The fraction of sp³-hybridized carbons (Fsp3) is 0.455. The van der Waals surface area contributed by atoms with E-state index in [1.807, 2.05) is 57.3 Å². The summed E-state index contributed by atoms with van der Waals surface area (Å²) in [4.78, 5) is 25.4. The number of rotatable bonds is 3. The third kappa shape index (κ3) is 5.15. The fourth-order valence-electron chi connectivity index (χ4n) is 3.17. The smallest absolute Gasteiger partial charge is 0.410 e. The number of aromatic nitrogens is 1. The maximum atomic E-state index is 12.1. The van der Waals surface area contributed by atoms with Crippen molar-refractivity contribution in [3.63, 3.8) is 0 Å². The van der Waals surface area contributed by atoms with E-state index in [2.05, 4.69) is 0 Å². The topological polar surface area (TPSA) is 60.8 Å². The number of ether oxygens (including phenoxy) is 2. The monoisotopic (exact) mass is 384 g/mol. The molecule has 1 aromatic carbocycles. The molecule has 0 N–H and O–H groups in total. The summed E-state index contributed by atoms with van der Waals surface area (Å²) in [5, 5.41) is 0. The summed E-state index contributed by atoms with van der Waals surface area (Å²) < 4.78 is 13.1. The van der Waals surface area contributed by atoms with Crippen LogP contribution in [0, 0.1) is 0 Å². The number of amides is 1. The van der Waals surface area contributed by atoms with Crippen LogP contribution in [0.3, 0.4) is 0 Å². The van der Waals surface area contributed by atoms with E-state index in [9.17, 15) is 9.59 Å². The molecule has 0 aliphatic carbocycles. The first-order valence-electron chi connectivity index (χ1n) is 9.63. The van der Waals surface area contributed by atoms with Gasteiger partial charge in [-0.15, -0.1) is 0 Å². The minimum Gasteiger partial charge on any atom is -0.490 e. The quantitative estimate of drug-likeness (QED) is 0.807. The van der Waals surface area contributed by atoms with Crippen LogP contribution in [0.1, 0.15) is 33.6 Å². The van der Waals surface area contributed by atoms with Crippen LogP contribution in [0.5, 0.6) is 5.75 Å². The minimum absolute atomic E-state index is 0.0265. The van der Waals surface area contributed by atoms with Gasteiger partial charge in [-0.3, -0.25) is 4.79 Å². The number of hydrogen-bond donors (Lipinski definition) is 0. The Balaban J connectivity index is 1.55. The van der Waals surface area contributed by atoms with Gasteiger partial charge >= 0.3 is 6.09 Å². The fourth-order valence-corrected chi connectivity index (χ4v) is 3.17. The van der Waals surface area contributed by atoms with E-state index in [1.54, 1.807) is 22.6 Å². The Morgan fingerprint density at radius 2 is 1.61 bits per heavy atom. The largest absolute Gasteiger partial charge is 0.490 e. The number of piperidine rings is 1. The molecule has 0 saturated carbocycles. The molecule has 2 heterocycles. The third-order valence-corrected chi connectivity index (χ3v) is 4.67. The van der Waals surface area contributed by atoms with Gasteiger partial charge in [-0.25, -0.2) is 4.79 Å². The average Bonchev–Trinajstić information content (AvgIpc) is 2.64. The van der Waals surface area contributed by atoms with E-state index >= 15 is 0 Å². The Morgan fingerprint density at radius 1 is 1.00 bits per heavy atom. The predicted octanol–water partition coefficient (Wildman–Crippen LogP) is 3.83. The molecule has 1 aliphatic heterocycles. The number of nitrogens with zero attached hydrogens (tertiary/aromatic N) is 2. The lowest BCUT2D eigenvalue weighted by atomic mass is 10.1. The molecule has 1 fully saturated rings. The summed E-state index contributed by atoms with van der Waals surface area (Å²) >= 11 is 0. The van der Waals surface area contributed by atoms with Gasteiger partial charge in [0.05, 0.1) is 0 Å². The Kier molecular flexibility index (Phi) is 5.77. The molecular formula is C22H28N2O4. The molecule has 6 heteroatoms. The van der Waals surface area contributed by atoms with Gasteiger partial charge in [-0.05, 0) is 50.1 Å². The molecule has 1 aliphatic rings. The Morgan fingerprint density at radius 3 is 2.18 bits per heavy atom. The van der Waals surface area contributed by atoms with Gasteiger partial charge in [0.15, 0.2) is 0 Å². The molecule has 1 aromatic heterocycles. The third-order valence-electron chi connectivity index (χ3n) is 4.67. The van der Waals surface area contributed by atoms with Gasteiger partial charge < -0.3 is 18.9 Å². The van der Waals surface area contributed by atoms with E-state index in [0.29, 0.717) is 13.1 Å². The van der Waals surface area contributed by atoms with Crippen molar-refractivity contribution in [1.82, 2.24) is 9.47 Å². The highest BCUT2D eigenvalue weighted by atomic mass is 16.6. The Bertz CT molecular complexity index is 873. The molecule has 28 heavy (non-hydrogen) atoms. The van der Waals surface area contributed by atoms with Crippen molar-refractivity contribution in [2.75, 3.05) is 13.1 Å². The maximum Gasteiger partial charge on any atom is 0.410 e. The number of benzene rings is 1. The molecule has 0 spiro atoms. The summed E-state index contributed by atoms with van der Waals surface area (Å²) in [7, 11) is 1.74. The van der Waals surface area contributed by atoms with Gasteiger partial charge in [0.2, 0.25) is 5.56 Å². The number of hydrogen-bond acceptors (Lipinski definition) is 4. The highest BCUT2D eigenvalue weighted by molar-refractivity contribution is 5.68. The minimum atomic E-state index is -0.475. The Hall–Kier alpha value is -2.76. The molecule has 0 bridgehead atoms. The maximum absolute atomic E-state index is 12.1.